The summed E-state index contributed by atoms with van der Waals surface area (Å²) in [6.07, 6.45) is 4.87. The van der Waals surface area contributed by atoms with Crippen LogP contribution in [0.1, 0.15) is 32.1 Å². The van der Waals surface area contributed by atoms with Crippen LogP contribution in [0.5, 0.6) is 0 Å². The van der Waals surface area contributed by atoms with Crippen LogP contribution < -0.4 is 11.1 Å². The van der Waals surface area contributed by atoms with Crippen LogP contribution in [0.3, 0.4) is 0 Å². The fourth-order valence-corrected chi connectivity index (χ4v) is 1.98. The highest BCUT2D eigenvalue weighted by Crippen LogP contribution is 2.44. The molecule has 15 heavy (non-hydrogen) atoms. The maximum atomic E-state index is 11.9. The van der Waals surface area contributed by atoms with Gasteiger partial charge in [-0.05, 0) is 32.2 Å². The second kappa shape index (κ2) is 6.08. The lowest BCUT2D eigenvalue weighted by molar-refractivity contribution is -0.137. The van der Waals surface area contributed by atoms with E-state index in [1.54, 1.807) is 7.11 Å². The fraction of sp³-hybridized carbons (Fsp3) is 0.909. The maximum Gasteiger partial charge on any atom is 0.226 e. The second-order valence-corrected chi connectivity index (χ2v) is 4.27. The van der Waals surface area contributed by atoms with Gasteiger partial charge >= 0.3 is 0 Å². The van der Waals surface area contributed by atoms with Gasteiger partial charge in [0.1, 0.15) is 0 Å². The Hall–Kier alpha value is -0.610. The van der Waals surface area contributed by atoms with Crippen molar-refractivity contribution in [3.63, 3.8) is 0 Å². The Morgan fingerprint density at radius 1 is 1.53 bits per heavy atom. The van der Waals surface area contributed by atoms with E-state index in [1.165, 1.54) is 0 Å². The van der Waals surface area contributed by atoms with Gasteiger partial charge in [-0.1, -0.05) is 6.42 Å². The van der Waals surface area contributed by atoms with Gasteiger partial charge in [-0.25, -0.2) is 0 Å². The van der Waals surface area contributed by atoms with Gasteiger partial charge in [0.15, 0.2) is 0 Å². The van der Waals surface area contributed by atoms with E-state index in [1.807, 2.05) is 0 Å². The Morgan fingerprint density at radius 2 is 2.27 bits per heavy atom. The zero-order valence-electron chi connectivity index (χ0n) is 9.55. The van der Waals surface area contributed by atoms with Crippen molar-refractivity contribution in [1.82, 2.24) is 5.32 Å². The van der Waals surface area contributed by atoms with Crippen LogP contribution in [0.15, 0.2) is 0 Å². The quantitative estimate of drug-likeness (QED) is 0.612. The van der Waals surface area contributed by atoms with E-state index in [9.17, 15) is 4.79 Å². The molecule has 0 heterocycles. The molecule has 0 unspecified atom stereocenters. The Kier molecular flexibility index (Phi) is 5.05. The molecule has 0 aromatic heterocycles. The van der Waals surface area contributed by atoms with Crippen LogP contribution in [-0.2, 0) is 9.53 Å². The summed E-state index contributed by atoms with van der Waals surface area (Å²) in [6, 6.07) is 0. The summed E-state index contributed by atoms with van der Waals surface area (Å²) in [5.74, 6) is 0.194. The number of carbonyl (C=O) groups excluding carboxylic acids is 1. The van der Waals surface area contributed by atoms with Crippen molar-refractivity contribution >= 4 is 5.91 Å². The standard InChI is InChI=1S/C11H22N2O2/c1-15-9-6-11(4-2-5-11)10(14)13-8-3-7-12/h2-9,12H2,1H3,(H,13,14). The number of nitrogens with two attached hydrogens (primary N) is 1. The molecule has 0 spiro atoms. The molecule has 88 valence electrons. The van der Waals surface area contributed by atoms with Gasteiger partial charge in [0.05, 0.1) is 5.41 Å². The highest BCUT2D eigenvalue weighted by Gasteiger charge is 2.43. The SMILES string of the molecule is COCCC1(C(=O)NCCCN)CCC1. The zero-order valence-corrected chi connectivity index (χ0v) is 9.55. The van der Waals surface area contributed by atoms with Crippen LogP contribution in [0.4, 0.5) is 0 Å². The van der Waals surface area contributed by atoms with Crippen LogP contribution in [0.2, 0.25) is 0 Å². The van der Waals surface area contributed by atoms with Crippen LogP contribution in [-0.4, -0.2) is 32.7 Å². The monoisotopic (exact) mass is 214 g/mol. The summed E-state index contributed by atoms with van der Waals surface area (Å²) in [4.78, 5) is 11.9. The molecule has 0 radical (unpaired) electrons. The molecule has 1 rings (SSSR count). The lowest BCUT2D eigenvalue weighted by atomic mass is 9.66. The highest BCUT2D eigenvalue weighted by molar-refractivity contribution is 5.83. The average molecular weight is 214 g/mol. The molecule has 0 aromatic rings. The van der Waals surface area contributed by atoms with E-state index in [0.717, 1.165) is 32.1 Å². The number of carbonyl (C=O) groups is 1. The minimum atomic E-state index is -0.134. The summed E-state index contributed by atoms with van der Waals surface area (Å²) >= 11 is 0. The molecular formula is C11H22N2O2. The van der Waals surface area contributed by atoms with Crippen LogP contribution in [0.25, 0.3) is 0 Å². The number of hydrogen-bond donors (Lipinski definition) is 2. The molecule has 4 heteroatoms. The lowest BCUT2D eigenvalue weighted by Gasteiger charge is -2.40. The summed E-state index contributed by atoms with van der Waals surface area (Å²) in [6.45, 7) is 2.00. The van der Waals surface area contributed by atoms with Gasteiger partial charge in [-0.15, -0.1) is 0 Å². The minimum absolute atomic E-state index is 0.134. The van der Waals surface area contributed by atoms with E-state index >= 15 is 0 Å². The summed E-state index contributed by atoms with van der Waals surface area (Å²) in [5.41, 5.74) is 5.24. The Balaban J connectivity index is 2.32. The molecule has 0 aromatic carbocycles. The van der Waals surface area contributed by atoms with E-state index in [-0.39, 0.29) is 11.3 Å². The lowest BCUT2D eigenvalue weighted by Crippen LogP contribution is -2.46. The third-order valence-electron chi connectivity index (χ3n) is 3.24. The summed E-state index contributed by atoms with van der Waals surface area (Å²) in [5, 5.41) is 2.96. The second-order valence-electron chi connectivity index (χ2n) is 4.27. The molecule has 0 atom stereocenters. The predicted octanol–water partition coefficient (Wildman–Crippen LogP) is 0.658. The molecule has 1 aliphatic rings. The van der Waals surface area contributed by atoms with Gasteiger partial charge in [0, 0.05) is 20.3 Å². The van der Waals surface area contributed by atoms with Crippen LogP contribution >= 0.6 is 0 Å². The molecule has 1 aliphatic carbocycles. The molecular weight excluding hydrogens is 192 g/mol. The van der Waals surface area contributed by atoms with Gasteiger partial charge in [0.25, 0.3) is 0 Å². The van der Waals surface area contributed by atoms with Crippen molar-refractivity contribution in [1.29, 1.82) is 0 Å². The Bertz CT molecular complexity index is 203. The van der Waals surface area contributed by atoms with E-state index in [4.69, 9.17) is 10.5 Å². The first kappa shape index (κ1) is 12.5. The first-order valence-electron chi connectivity index (χ1n) is 5.72. The fourth-order valence-electron chi connectivity index (χ4n) is 1.98. The largest absolute Gasteiger partial charge is 0.385 e. The molecule has 1 amide bonds. The molecule has 3 N–H and O–H groups in total. The number of hydrogen-bond acceptors (Lipinski definition) is 3. The predicted molar refractivity (Wildman–Crippen MR) is 59.5 cm³/mol. The molecule has 4 nitrogen and oxygen atoms in total. The molecule has 0 aliphatic heterocycles. The van der Waals surface area contributed by atoms with Crippen molar-refractivity contribution in [2.75, 3.05) is 26.8 Å². The van der Waals surface area contributed by atoms with E-state index < -0.39 is 0 Å². The third kappa shape index (κ3) is 3.18. The van der Waals surface area contributed by atoms with Gasteiger partial charge in [0.2, 0.25) is 5.91 Å². The Labute approximate surface area is 91.5 Å². The van der Waals surface area contributed by atoms with E-state index in [0.29, 0.717) is 19.7 Å². The first-order chi connectivity index (χ1) is 7.25. The number of nitrogens with one attached hydrogen (secondary N) is 1. The maximum absolute atomic E-state index is 11.9. The first-order valence-corrected chi connectivity index (χ1v) is 5.72. The van der Waals surface area contributed by atoms with Crippen LogP contribution in [0, 0.1) is 5.41 Å². The molecule has 0 saturated heterocycles. The number of amides is 1. The Morgan fingerprint density at radius 3 is 2.73 bits per heavy atom. The minimum Gasteiger partial charge on any atom is -0.385 e. The van der Waals surface area contributed by atoms with E-state index in [2.05, 4.69) is 5.32 Å². The van der Waals surface area contributed by atoms with Crippen molar-refractivity contribution in [3.8, 4) is 0 Å². The smallest absolute Gasteiger partial charge is 0.226 e. The van der Waals surface area contributed by atoms with Crippen molar-refractivity contribution in [2.24, 2.45) is 11.1 Å². The summed E-state index contributed by atoms with van der Waals surface area (Å²) < 4.78 is 5.05. The molecule has 1 saturated carbocycles. The molecule has 0 bridgehead atoms. The zero-order chi connectivity index (χ0) is 11.1. The van der Waals surface area contributed by atoms with Crippen molar-refractivity contribution < 1.29 is 9.53 Å². The van der Waals surface area contributed by atoms with Gasteiger partial charge in [-0.2, -0.15) is 0 Å². The van der Waals surface area contributed by atoms with Crippen molar-refractivity contribution in [2.45, 2.75) is 32.1 Å². The highest BCUT2D eigenvalue weighted by atomic mass is 16.5. The third-order valence-corrected chi connectivity index (χ3v) is 3.24. The topological polar surface area (TPSA) is 64.3 Å². The number of methoxy groups -OCH3 is 1. The average Bonchev–Trinajstić information content (AvgIpc) is 2.17. The number of rotatable bonds is 7. The number of ether oxygens (including phenoxy) is 1. The van der Waals surface area contributed by atoms with Gasteiger partial charge in [-0.3, -0.25) is 4.79 Å². The molecule has 1 fully saturated rings. The summed E-state index contributed by atoms with van der Waals surface area (Å²) in [7, 11) is 1.68. The van der Waals surface area contributed by atoms with Gasteiger partial charge < -0.3 is 15.8 Å². The van der Waals surface area contributed by atoms with Crippen molar-refractivity contribution in [3.05, 3.63) is 0 Å². The normalized spacial score (nSPS) is 18.3.